The molecule has 0 saturated heterocycles. The van der Waals surface area contributed by atoms with Gasteiger partial charge in [0.15, 0.2) is 5.03 Å². The van der Waals surface area contributed by atoms with Crippen molar-refractivity contribution < 1.29 is 36.3 Å². The largest absolute Gasteiger partial charge is 0.480 e. The van der Waals surface area contributed by atoms with E-state index < -0.39 is 62.4 Å². The highest BCUT2D eigenvalue weighted by atomic mass is 32.2. The Labute approximate surface area is 250 Å². The van der Waals surface area contributed by atoms with Crippen LogP contribution >= 0.6 is 0 Å². The van der Waals surface area contributed by atoms with E-state index in [4.69, 9.17) is 5.73 Å². The van der Waals surface area contributed by atoms with Gasteiger partial charge < -0.3 is 10.8 Å². The lowest BCUT2D eigenvalue weighted by atomic mass is 9.89. The summed E-state index contributed by atoms with van der Waals surface area (Å²) in [5.74, 6) is -2.83. The van der Waals surface area contributed by atoms with Gasteiger partial charge in [-0.3, -0.25) is 14.2 Å². The van der Waals surface area contributed by atoms with Gasteiger partial charge in [-0.1, -0.05) is 67.9 Å². The smallest absolute Gasteiger partial charge is 0.416 e. The molecular formula is C31H28F3N3O6S. The summed E-state index contributed by atoms with van der Waals surface area (Å²) in [4.78, 5) is 39.4. The molecule has 0 bridgehead atoms. The first-order valence-corrected chi connectivity index (χ1v) is 15.2. The van der Waals surface area contributed by atoms with E-state index in [0.717, 1.165) is 21.8 Å². The Kier molecular flexibility index (Phi) is 8.12. The van der Waals surface area contributed by atoms with E-state index in [2.05, 4.69) is 0 Å². The topological polar surface area (TPSA) is 140 Å². The van der Waals surface area contributed by atoms with Gasteiger partial charge in [0.05, 0.1) is 5.56 Å². The van der Waals surface area contributed by atoms with Crippen LogP contribution in [0.1, 0.15) is 52.9 Å². The van der Waals surface area contributed by atoms with Crippen LogP contribution in [0.25, 0.3) is 21.9 Å². The number of carboxylic acid groups (broad SMARTS) is 1. The molecule has 0 saturated carbocycles. The Morgan fingerprint density at radius 2 is 1.73 bits per heavy atom. The van der Waals surface area contributed by atoms with Gasteiger partial charge in [-0.15, -0.1) is 0 Å². The second-order valence-corrected chi connectivity index (χ2v) is 12.4. The molecule has 0 radical (unpaired) electrons. The van der Waals surface area contributed by atoms with E-state index in [9.17, 15) is 41.1 Å². The lowest BCUT2D eigenvalue weighted by Crippen LogP contribution is -2.51. The molecule has 1 atom stereocenters. The Balaban J connectivity index is 1.97. The molecule has 0 aliphatic carbocycles. The van der Waals surface area contributed by atoms with Gasteiger partial charge >= 0.3 is 12.1 Å². The van der Waals surface area contributed by atoms with Gasteiger partial charge in [0, 0.05) is 18.7 Å². The number of aromatic nitrogens is 1. The predicted octanol–water partition coefficient (Wildman–Crippen LogP) is 4.81. The van der Waals surface area contributed by atoms with Crippen LogP contribution in [0.3, 0.4) is 0 Å². The highest BCUT2D eigenvalue weighted by Gasteiger charge is 2.45. The predicted molar refractivity (Wildman–Crippen MR) is 157 cm³/mol. The summed E-state index contributed by atoms with van der Waals surface area (Å²) < 4.78 is 71.6. The number of aliphatic carboxylic acids is 1. The molecule has 1 amide bonds. The molecular weight excluding hydrogens is 599 g/mol. The first-order chi connectivity index (χ1) is 20.8. The number of rotatable bonds is 8. The van der Waals surface area contributed by atoms with Crippen molar-refractivity contribution in [1.29, 1.82) is 0 Å². The number of pyridine rings is 1. The lowest BCUT2D eigenvalue weighted by Gasteiger charge is -2.35. The number of alkyl halides is 3. The molecule has 44 heavy (non-hydrogen) atoms. The Morgan fingerprint density at radius 3 is 2.39 bits per heavy atom. The second-order valence-electron chi connectivity index (χ2n) is 10.5. The number of carboxylic acids is 1. The molecule has 4 aromatic rings. The van der Waals surface area contributed by atoms with Crippen molar-refractivity contribution in [2.45, 2.75) is 43.4 Å². The maximum atomic E-state index is 14.2. The minimum atomic E-state index is -4.82. The molecule has 0 fully saturated rings. The van der Waals surface area contributed by atoms with Crippen LogP contribution in [0.2, 0.25) is 0 Å². The van der Waals surface area contributed by atoms with Gasteiger partial charge in [0.1, 0.15) is 11.6 Å². The number of carbonyl (C=O) groups excluding carboxylic acids is 1. The summed E-state index contributed by atoms with van der Waals surface area (Å²) in [7, 11) is -4.67. The highest BCUT2D eigenvalue weighted by molar-refractivity contribution is 7.89. The molecule has 1 aliphatic rings. The van der Waals surface area contributed by atoms with Crippen LogP contribution in [-0.4, -0.2) is 47.4 Å². The third-order valence-corrected chi connectivity index (χ3v) is 9.66. The minimum Gasteiger partial charge on any atom is -0.480 e. The molecule has 3 N–H and O–H groups in total. The van der Waals surface area contributed by atoms with Crippen molar-refractivity contribution >= 4 is 32.7 Å². The fourth-order valence-corrected chi connectivity index (χ4v) is 7.61. The van der Waals surface area contributed by atoms with Gasteiger partial charge in [-0.05, 0) is 52.4 Å². The first kappa shape index (κ1) is 31.0. The average Bonchev–Trinajstić information content (AvgIpc) is 2.96. The first-order valence-electron chi connectivity index (χ1n) is 13.8. The van der Waals surface area contributed by atoms with Crippen molar-refractivity contribution in [3.63, 3.8) is 0 Å². The van der Waals surface area contributed by atoms with Gasteiger partial charge in [-0.2, -0.15) is 17.5 Å². The van der Waals surface area contributed by atoms with E-state index in [1.165, 1.54) is 6.07 Å². The Bertz CT molecular complexity index is 1970. The van der Waals surface area contributed by atoms with E-state index in [0.29, 0.717) is 34.4 Å². The number of fused-ring (bicyclic) bond motifs is 2. The summed E-state index contributed by atoms with van der Waals surface area (Å²) >= 11 is 0. The van der Waals surface area contributed by atoms with Crippen LogP contribution in [0.5, 0.6) is 0 Å². The number of hydrogen-bond donors (Lipinski definition) is 2. The van der Waals surface area contributed by atoms with Crippen molar-refractivity contribution in [3.05, 3.63) is 99.3 Å². The summed E-state index contributed by atoms with van der Waals surface area (Å²) in [5.41, 5.74) is 2.32. The van der Waals surface area contributed by atoms with Gasteiger partial charge in [0.25, 0.3) is 21.5 Å². The van der Waals surface area contributed by atoms with Crippen LogP contribution < -0.4 is 11.3 Å². The molecule has 3 aromatic carbocycles. The Hall–Kier alpha value is -4.49. The third-order valence-electron chi connectivity index (χ3n) is 7.76. The standard InChI is InChI=1S/C31H28F3N3O6S/c1-2-3-14-36-17-24(30(40)41)37-28(39)26(27(35)38)23(16-19-10-6-9-18-8-4-5-13-22(18)19)25(29(37)44(36,42)43)20-11-7-12-21(15-20)31(32,33)34/h4-13,15,24H,2-3,14,16-17H2,1H3,(H2,35,38)(H,40,41). The quantitative estimate of drug-likeness (QED) is 0.288. The number of nitrogens with zero attached hydrogens (tertiary/aromatic N) is 2. The van der Waals surface area contributed by atoms with Crippen molar-refractivity contribution in [2.24, 2.45) is 5.73 Å². The van der Waals surface area contributed by atoms with Crippen LogP contribution in [0, 0.1) is 0 Å². The number of hydrogen-bond acceptors (Lipinski definition) is 5. The maximum absolute atomic E-state index is 14.2. The summed E-state index contributed by atoms with van der Waals surface area (Å²) in [6.07, 6.45) is -4.17. The van der Waals surface area contributed by atoms with Crippen LogP contribution in [0.4, 0.5) is 13.2 Å². The zero-order chi connectivity index (χ0) is 32.0. The minimum absolute atomic E-state index is 0.0882. The number of halogens is 3. The van der Waals surface area contributed by atoms with Crippen molar-refractivity contribution in [3.8, 4) is 11.1 Å². The molecule has 1 unspecified atom stereocenters. The highest BCUT2D eigenvalue weighted by Crippen LogP contribution is 2.41. The number of nitrogens with two attached hydrogens (primary N) is 1. The molecule has 1 aromatic heterocycles. The number of benzene rings is 3. The lowest BCUT2D eigenvalue weighted by molar-refractivity contribution is -0.141. The number of carbonyl (C=O) groups is 2. The third kappa shape index (κ3) is 5.37. The molecule has 9 nitrogen and oxygen atoms in total. The van der Waals surface area contributed by atoms with E-state index in [-0.39, 0.29) is 29.7 Å². The van der Waals surface area contributed by atoms with Crippen molar-refractivity contribution in [2.75, 3.05) is 13.1 Å². The molecule has 230 valence electrons. The molecule has 1 aliphatic heterocycles. The number of primary amides is 1. The van der Waals surface area contributed by atoms with Gasteiger partial charge in [-0.25, -0.2) is 13.2 Å². The zero-order valence-corrected chi connectivity index (χ0v) is 24.3. The van der Waals surface area contributed by atoms with Gasteiger partial charge in [0.2, 0.25) is 0 Å². The zero-order valence-electron chi connectivity index (χ0n) is 23.5. The normalized spacial score (nSPS) is 16.5. The molecule has 13 heteroatoms. The van der Waals surface area contributed by atoms with Crippen LogP contribution in [-0.2, 0) is 27.4 Å². The summed E-state index contributed by atoms with van der Waals surface area (Å²) in [6.45, 7) is 1.10. The Morgan fingerprint density at radius 1 is 1.05 bits per heavy atom. The number of unbranched alkanes of at least 4 members (excludes halogenated alkanes) is 1. The molecule has 2 heterocycles. The van der Waals surface area contributed by atoms with Crippen molar-refractivity contribution in [1.82, 2.24) is 8.87 Å². The molecule has 0 spiro atoms. The number of sulfonamides is 1. The SMILES string of the molecule is CCCCN1CC(C(=O)O)n2c(c(-c3cccc(C(F)(F)F)c3)c(Cc3cccc4ccccc34)c(C(N)=O)c2=O)S1(=O)=O. The summed E-state index contributed by atoms with van der Waals surface area (Å²) in [6, 6.07) is 14.4. The number of amides is 1. The van der Waals surface area contributed by atoms with E-state index >= 15 is 0 Å². The van der Waals surface area contributed by atoms with E-state index in [1.54, 1.807) is 37.3 Å². The average molecular weight is 628 g/mol. The molecule has 5 rings (SSSR count). The van der Waals surface area contributed by atoms with Crippen LogP contribution in [0.15, 0.2) is 76.6 Å². The fraction of sp³-hybridized carbons (Fsp3) is 0.258. The monoisotopic (exact) mass is 627 g/mol. The second kappa shape index (κ2) is 11.5. The fourth-order valence-electron chi connectivity index (χ4n) is 5.70. The maximum Gasteiger partial charge on any atom is 0.416 e. The summed E-state index contributed by atoms with van der Waals surface area (Å²) in [5, 5.41) is 10.8. The van der Waals surface area contributed by atoms with E-state index in [1.807, 2.05) is 12.1 Å².